The van der Waals surface area contributed by atoms with Gasteiger partial charge in [0.2, 0.25) is 0 Å². The highest BCUT2D eigenvalue weighted by Crippen LogP contribution is 2.13. The molecule has 1 aromatic heterocycles. The fourth-order valence-corrected chi connectivity index (χ4v) is 2.10. The number of oxime groups is 1. The largest absolute Gasteiger partial charge is 0.422 e. The molecule has 3 aromatic rings. The number of nitrogens with zero attached hydrogens (tertiary/aromatic N) is 1. The molecule has 114 valence electrons. The van der Waals surface area contributed by atoms with Crippen LogP contribution < -0.4 is 5.63 Å². The maximum absolute atomic E-state index is 12.0. The molecule has 0 aliphatic carbocycles. The van der Waals surface area contributed by atoms with Gasteiger partial charge < -0.3 is 9.25 Å². The average Bonchev–Trinajstić information content (AvgIpc) is 2.59. The topological polar surface area (TPSA) is 68.9 Å². The average molecular weight is 307 g/mol. The highest BCUT2D eigenvalue weighted by atomic mass is 16.7. The van der Waals surface area contributed by atoms with Crippen LogP contribution in [0.5, 0.6) is 0 Å². The van der Waals surface area contributed by atoms with Crippen molar-refractivity contribution in [2.24, 2.45) is 5.16 Å². The maximum Gasteiger partial charge on any atom is 0.365 e. The normalized spacial score (nSPS) is 11.4. The van der Waals surface area contributed by atoms with Crippen molar-refractivity contribution >= 4 is 22.7 Å². The number of benzene rings is 2. The van der Waals surface area contributed by atoms with E-state index in [2.05, 4.69) is 5.16 Å². The second-order valence-corrected chi connectivity index (χ2v) is 4.91. The van der Waals surface area contributed by atoms with Crippen LogP contribution in [0.2, 0.25) is 0 Å². The third kappa shape index (κ3) is 3.18. The monoisotopic (exact) mass is 307 g/mol. The second-order valence-electron chi connectivity index (χ2n) is 4.91. The summed E-state index contributed by atoms with van der Waals surface area (Å²) in [6.45, 7) is 1.58. The van der Waals surface area contributed by atoms with Gasteiger partial charge in [0, 0.05) is 5.39 Å². The Morgan fingerprint density at radius 1 is 1.04 bits per heavy atom. The van der Waals surface area contributed by atoms with E-state index in [0.29, 0.717) is 11.1 Å². The minimum Gasteiger partial charge on any atom is -0.422 e. The lowest BCUT2D eigenvalue weighted by Gasteiger charge is -2.02. The maximum atomic E-state index is 12.0. The molecular weight excluding hydrogens is 294 g/mol. The number of rotatable bonds is 3. The third-order valence-corrected chi connectivity index (χ3v) is 3.31. The Labute approximate surface area is 131 Å². The molecule has 0 aliphatic rings. The molecule has 1 heterocycles. The van der Waals surface area contributed by atoms with Gasteiger partial charge in [0.15, 0.2) is 0 Å². The lowest BCUT2D eigenvalue weighted by atomic mass is 10.1. The van der Waals surface area contributed by atoms with Gasteiger partial charge >= 0.3 is 11.6 Å². The quantitative estimate of drug-likeness (QED) is 0.322. The van der Waals surface area contributed by atoms with Gasteiger partial charge in [0.05, 0.1) is 16.8 Å². The van der Waals surface area contributed by atoms with E-state index in [1.807, 2.05) is 12.1 Å². The fraction of sp³-hybridized carbons (Fsp3) is 0.0556. The molecular formula is C18H13NO4. The van der Waals surface area contributed by atoms with Crippen LogP contribution in [0.4, 0.5) is 0 Å². The van der Waals surface area contributed by atoms with Crippen LogP contribution in [0.1, 0.15) is 22.8 Å². The summed E-state index contributed by atoms with van der Waals surface area (Å²) in [6, 6.07) is 17.3. The van der Waals surface area contributed by atoms with E-state index in [1.165, 1.54) is 0 Å². The molecule has 0 spiro atoms. The summed E-state index contributed by atoms with van der Waals surface area (Å²) < 4.78 is 5.23. The molecule has 0 aliphatic heterocycles. The van der Waals surface area contributed by atoms with Gasteiger partial charge in [-0.3, -0.25) is 0 Å². The van der Waals surface area contributed by atoms with Gasteiger partial charge in [0.1, 0.15) is 5.58 Å². The Morgan fingerprint density at radius 2 is 1.74 bits per heavy atom. The Morgan fingerprint density at radius 3 is 2.52 bits per heavy atom. The van der Waals surface area contributed by atoms with E-state index in [0.717, 1.165) is 5.39 Å². The molecule has 0 amide bonds. The minimum absolute atomic E-state index is 0.254. The molecule has 0 saturated heterocycles. The molecule has 0 atom stereocenters. The zero-order chi connectivity index (χ0) is 16.2. The van der Waals surface area contributed by atoms with Gasteiger partial charge in [-0.2, -0.15) is 0 Å². The molecule has 23 heavy (non-hydrogen) atoms. The van der Waals surface area contributed by atoms with Crippen molar-refractivity contribution < 1.29 is 14.0 Å². The highest BCUT2D eigenvalue weighted by Gasteiger charge is 2.10. The van der Waals surface area contributed by atoms with Gasteiger partial charge in [-0.15, -0.1) is 0 Å². The molecule has 0 saturated carbocycles. The first kappa shape index (κ1) is 14.7. The van der Waals surface area contributed by atoms with Crippen LogP contribution in [-0.4, -0.2) is 11.7 Å². The number of fused-ring (bicyclic) bond motifs is 1. The summed E-state index contributed by atoms with van der Waals surface area (Å²) in [5, 5.41) is 4.51. The molecule has 3 rings (SSSR count). The van der Waals surface area contributed by atoms with Crippen molar-refractivity contribution in [2.45, 2.75) is 6.92 Å². The van der Waals surface area contributed by atoms with Crippen molar-refractivity contribution in [3.05, 3.63) is 82.2 Å². The molecule has 0 N–H and O–H groups in total. The number of para-hydroxylation sites is 1. The van der Waals surface area contributed by atoms with Crippen LogP contribution >= 0.6 is 0 Å². The van der Waals surface area contributed by atoms with Crippen molar-refractivity contribution in [1.29, 1.82) is 0 Å². The van der Waals surface area contributed by atoms with Gasteiger partial charge in [-0.1, -0.05) is 41.6 Å². The number of carbonyl (C=O) groups excluding carboxylic acids is 1. The van der Waals surface area contributed by atoms with Gasteiger partial charge in [-0.25, -0.2) is 9.59 Å². The van der Waals surface area contributed by atoms with E-state index in [-0.39, 0.29) is 11.3 Å². The predicted molar refractivity (Wildman–Crippen MR) is 86.6 cm³/mol. The van der Waals surface area contributed by atoms with Crippen LogP contribution in [0, 0.1) is 0 Å². The summed E-state index contributed by atoms with van der Waals surface area (Å²) >= 11 is 0. The third-order valence-electron chi connectivity index (χ3n) is 3.31. The van der Waals surface area contributed by atoms with E-state index >= 15 is 0 Å². The van der Waals surface area contributed by atoms with E-state index in [9.17, 15) is 9.59 Å². The fourth-order valence-electron chi connectivity index (χ4n) is 2.10. The molecule has 2 aromatic carbocycles. The van der Waals surface area contributed by atoms with Crippen molar-refractivity contribution in [2.75, 3.05) is 0 Å². The first-order chi connectivity index (χ1) is 11.1. The summed E-state index contributed by atoms with van der Waals surface area (Å²) in [7, 11) is 0. The van der Waals surface area contributed by atoms with Crippen LogP contribution in [0.3, 0.4) is 0 Å². The highest BCUT2D eigenvalue weighted by molar-refractivity contribution is 6.00. The summed E-state index contributed by atoms with van der Waals surface area (Å²) in [6.07, 6.45) is 0. The zero-order valence-electron chi connectivity index (χ0n) is 12.4. The zero-order valence-corrected chi connectivity index (χ0v) is 12.4. The smallest absolute Gasteiger partial charge is 0.365 e. The van der Waals surface area contributed by atoms with E-state index in [4.69, 9.17) is 9.25 Å². The molecule has 5 nitrogen and oxygen atoms in total. The van der Waals surface area contributed by atoms with Crippen molar-refractivity contribution in [3.8, 4) is 0 Å². The minimum atomic E-state index is -0.588. The Bertz CT molecular complexity index is 942. The number of carbonyl (C=O) groups is 1. The van der Waals surface area contributed by atoms with E-state index in [1.54, 1.807) is 55.5 Å². The second kappa shape index (κ2) is 6.27. The molecule has 0 fully saturated rings. The summed E-state index contributed by atoms with van der Waals surface area (Å²) in [5.74, 6) is -0.588. The molecule has 0 unspecified atom stereocenters. The van der Waals surface area contributed by atoms with Crippen LogP contribution in [-0.2, 0) is 4.84 Å². The Kier molecular flexibility index (Phi) is 4.01. The number of hydrogen-bond donors (Lipinski definition) is 0. The van der Waals surface area contributed by atoms with E-state index < -0.39 is 11.6 Å². The Hall–Kier alpha value is -3.21. The van der Waals surface area contributed by atoms with Crippen LogP contribution in [0.15, 0.2) is 75.0 Å². The standard InChI is InChI=1S/C18H13NO4/c1-12(19-23-17(20)13-7-3-2-4-8-13)15-11-14-9-5-6-10-16(14)22-18(15)21/h2-11H,1H3/b19-12-. The first-order valence-electron chi connectivity index (χ1n) is 6.99. The lowest BCUT2D eigenvalue weighted by Crippen LogP contribution is -2.13. The number of hydrogen-bond acceptors (Lipinski definition) is 5. The molecule has 0 bridgehead atoms. The predicted octanol–water partition coefficient (Wildman–Crippen LogP) is 3.37. The summed E-state index contributed by atoms with van der Waals surface area (Å²) in [4.78, 5) is 28.7. The molecule has 0 radical (unpaired) electrons. The lowest BCUT2D eigenvalue weighted by molar-refractivity contribution is 0.0516. The first-order valence-corrected chi connectivity index (χ1v) is 6.99. The van der Waals surface area contributed by atoms with Gasteiger partial charge in [-0.05, 0) is 31.2 Å². The summed E-state index contributed by atoms with van der Waals surface area (Å²) in [5.41, 5.74) is 0.879. The van der Waals surface area contributed by atoms with Crippen molar-refractivity contribution in [1.82, 2.24) is 0 Å². The SMILES string of the molecule is C/C(=N/OC(=O)c1ccccc1)c1cc2ccccc2oc1=O. The van der Waals surface area contributed by atoms with Crippen molar-refractivity contribution in [3.63, 3.8) is 0 Å². The van der Waals surface area contributed by atoms with Crippen LogP contribution in [0.25, 0.3) is 11.0 Å². The molecule has 5 heteroatoms. The van der Waals surface area contributed by atoms with Gasteiger partial charge in [0.25, 0.3) is 0 Å². The Balaban J connectivity index is 1.88.